The molecule has 2 rings (SSSR count). The van der Waals surface area contributed by atoms with Crippen molar-refractivity contribution < 1.29 is 24.2 Å². The molecular formula is C21H24N2O5. The number of amides is 2. The van der Waals surface area contributed by atoms with Crippen molar-refractivity contribution in [2.45, 2.75) is 13.5 Å². The van der Waals surface area contributed by atoms with E-state index in [0.29, 0.717) is 30.0 Å². The van der Waals surface area contributed by atoms with Crippen LogP contribution in [0.1, 0.15) is 33.2 Å². The van der Waals surface area contributed by atoms with E-state index in [1.54, 1.807) is 72.4 Å². The molecular weight excluding hydrogens is 360 g/mol. The van der Waals surface area contributed by atoms with E-state index in [1.807, 2.05) is 6.92 Å². The number of rotatable bonds is 8. The minimum absolute atomic E-state index is 0.128. The molecule has 0 bridgehead atoms. The molecule has 28 heavy (non-hydrogen) atoms. The Bertz CT molecular complexity index is 848. The Morgan fingerprint density at radius 2 is 1.50 bits per heavy atom. The second-order valence-corrected chi connectivity index (χ2v) is 6.39. The van der Waals surface area contributed by atoms with Gasteiger partial charge in [-0.2, -0.15) is 0 Å². The predicted octanol–water partition coefficient (Wildman–Crippen LogP) is 2.51. The lowest BCUT2D eigenvalue weighted by Gasteiger charge is -2.19. The number of hydrogen-bond acceptors (Lipinski definition) is 4. The van der Waals surface area contributed by atoms with Crippen molar-refractivity contribution in [1.29, 1.82) is 0 Å². The molecule has 1 N–H and O–H groups in total. The smallest absolute Gasteiger partial charge is 0.341 e. The predicted molar refractivity (Wildman–Crippen MR) is 104 cm³/mol. The number of aliphatic carboxylic acids is 1. The second-order valence-electron chi connectivity index (χ2n) is 6.39. The van der Waals surface area contributed by atoms with E-state index in [0.717, 1.165) is 5.56 Å². The standard InChI is InChI=1S/C21H24N2O5/c1-4-22(2)20(26)16-6-5-7-17(12-16)21(27)23(3)13-15-8-10-18(11-9-15)28-14-19(24)25/h5-12H,4,13-14H2,1-3H3,(H,24,25). The van der Waals surface area contributed by atoms with Gasteiger partial charge in [0.1, 0.15) is 5.75 Å². The maximum absolute atomic E-state index is 12.7. The van der Waals surface area contributed by atoms with Crippen molar-refractivity contribution in [3.8, 4) is 5.75 Å². The summed E-state index contributed by atoms with van der Waals surface area (Å²) in [4.78, 5) is 38.7. The molecule has 0 radical (unpaired) electrons. The lowest BCUT2D eigenvalue weighted by molar-refractivity contribution is -0.139. The molecule has 2 aromatic carbocycles. The van der Waals surface area contributed by atoms with Crippen molar-refractivity contribution in [3.63, 3.8) is 0 Å². The largest absolute Gasteiger partial charge is 0.482 e. The molecule has 7 heteroatoms. The van der Waals surface area contributed by atoms with E-state index >= 15 is 0 Å². The van der Waals surface area contributed by atoms with Crippen molar-refractivity contribution in [3.05, 3.63) is 65.2 Å². The van der Waals surface area contributed by atoms with Crippen LogP contribution in [0, 0.1) is 0 Å². The van der Waals surface area contributed by atoms with Crippen LogP contribution in [-0.2, 0) is 11.3 Å². The monoisotopic (exact) mass is 384 g/mol. The quantitative estimate of drug-likeness (QED) is 0.756. The Balaban J connectivity index is 2.04. The Hall–Kier alpha value is -3.35. The molecule has 0 aromatic heterocycles. The van der Waals surface area contributed by atoms with Gasteiger partial charge in [-0.1, -0.05) is 18.2 Å². The Morgan fingerprint density at radius 3 is 2.04 bits per heavy atom. The molecule has 0 unspecified atom stereocenters. The van der Waals surface area contributed by atoms with E-state index in [-0.39, 0.29) is 11.8 Å². The average Bonchev–Trinajstić information content (AvgIpc) is 2.71. The second kappa shape index (κ2) is 9.55. The zero-order valence-electron chi connectivity index (χ0n) is 16.2. The third-order valence-electron chi connectivity index (χ3n) is 4.23. The maximum atomic E-state index is 12.7. The minimum atomic E-state index is -1.04. The number of carboxylic acids is 1. The molecule has 0 saturated carbocycles. The van der Waals surface area contributed by atoms with Gasteiger partial charge in [-0.25, -0.2) is 4.79 Å². The van der Waals surface area contributed by atoms with Crippen LogP contribution in [0.5, 0.6) is 5.75 Å². The summed E-state index contributed by atoms with van der Waals surface area (Å²) < 4.78 is 5.09. The number of ether oxygens (including phenoxy) is 1. The summed E-state index contributed by atoms with van der Waals surface area (Å²) in [5, 5.41) is 8.62. The molecule has 0 fully saturated rings. The fourth-order valence-electron chi connectivity index (χ4n) is 2.55. The fourth-order valence-corrected chi connectivity index (χ4v) is 2.55. The summed E-state index contributed by atoms with van der Waals surface area (Å²) in [5.74, 6) is -0.914. The lowest BCUT2D eigenvalue weighted by atomic mass is 10.1. The summed E-state index contributed by atoms with van der Waals surface area (Å²) in [7, 11) is 3.40. The first-order chi connectivity index (χ1) is 13.3. The van der Waals surface area contributed by atoms with Crippen LogP contribution in [0.25, 0.3) is 0 Å². The molecule has 0 aliphatic heterocycles. The summed E-state index contributed by atoms with van der Waals surface area (Å²) in [5.41, 5.74) is 1.79. The average molecular weight is 384 g/mol. The molecule has 2 aromatic rings. The number of carbonyl (C=O) groups excluding carboxylic acids is 2. The van der Waals surface area contributed by atoms with Gasteiger partial charge < -0.3 is 19.6 Å². The van der Waals surface area contributed by atoms with Gasteiger partial charge in [0.2, 0.25) is 0 Å². The highest BCUT2D eigenvalue weighted by atomic mass is 16.5. The Morgan fingerprint density at radius 1 is 0.929 bits per heavy atom. The first-order valence-corrected chi connectivity index (χ1v) is 8.86. The maximum Gasteiger partial charge on any atom is 0.341 e. The molecule has 0 saturated heterocycles. The zero-order chi connectivity index (χ0) is 20.7. The highest BCUT2D eigenvalue weighted by molar-refractivity contribution is 5.99. The van der Waals surface area contributed by atoms with Gasteiger partial charge in [-0.15, -0.1) is 0 Å². The van der Waals surface area contributed by atoms with Crippen molar-refractivity contribution in [2.75, 3.05) is 27.2 Å². The van der Waals surface area contributed by atoms with E-state index in [2.05, 4.69) is 0 Å². The van der Waals surface area contributed by atoms with Gasteiger partial charge in [0, 0.05) is 38.3 Å². The summed E-state index contributed by atoms with van der Waals surface area (Å²) in [6, 6.07) is 13.6. The van der Waals surface area contributed by atoms with Crippen LogP contribution >= 0.6 is 0 Å². The van der Waals surface area contributed by atoms with E-state index < -0.39 is 12.6 Å². The van der Waals surface area contributed by atoms with E-state index in [4.69, 9.17) is 9.84 Å². The molecule has 2 amide bonds. The molecule has 0 aliphatic carbocycles. The Kier molecular flexibility index (Phi) is 7.14. The van der Waals surface area contributed by atoms with Crippen LogP contribution in [0.3, 0.4) is 0 Å². The summed E-state index contributed by atoms with van der Waals surface area (Å²) in [6.07, 6.45) is 0. The van der Waals surface area contributed by atoms with Gasteiger partial charge in [-0.05, 0) is 42.8 Å². The molecule has 7 nitrogen and oxygen atoms in total. The lowest BCUT2D eigenvalue weighted by Crippen LogP contribution is -2.28. The number of nitrogens with zero attached hydrogens (tertiary/aromatic N) is 2. The summed E-state index contributed by atoms with van der Waals surface area (Å²) in [6.45, 7) is 2.44. The van der Waals surface area contributed by atoms with Crippen LogP contribution in [0.15, 0.2) is 48.5 Å². The highest BCUT2D eigenvalue weighted by Crippen LogP contribution is 2.15. The van der Waals surface area contributed by atoms with Crippen molar-refractivity contribution in [2.24, 2.45) is 0 Å². The van der Waals surface area contributed by atoms with Gasteiger partial charge in [0.25, 0.3) is 11.8 Å². The number of hydrogen-bond donors (Lipinski definition) is 1. The van der Waals surface area contributed by atoms with Gasteiger partial charge in [0.15, 0.2) is 6.61 Å². The normalized spacial score (nSPS) is 10.2. The third-order valence-corrected chi connectivity index (χ3v) is 4.23. The molecule has 0 atom stereocenters. The van der Waals surface area contributed by atoms with Crippen molar-refractivity contribution in [1.82, 2.24) is 9.80 Å². The summed E-state index contributed by atoms with van der Waals surface area (Å²) >= 11 is 0. The number of carboxylic acid groups (broad SMARTS) is 1. The Labute approximate surface area is 164 Å². The van der Waals surface area contributed by atoms with Gasteiger partial charge in [-0.3, -0.25) is 9.59 Å². The minimum Gasteiger partial charge on any atom is -0.482 e. The van der Waals surface area contributed by atoms with E-state index in [1.165, 1.54) is 0 Å². The highest BCUT2D eigenvalue weighted by Gasteiger charge is 2.16. The zero-order valence-corrected chi connectivity index (χ0v) is 16.2. The van der Waals surface area contributed by atoms with Crippen molar-refractivity contribution >= 4 is 17.8 Å². The van der Waals surface area contributed by atoms with Crippen LogP contribution in [0.4, 0.5) is 0 Å². The van der Waals surface area contributed by atoms with E-state index in [9.17, 15) is 14.4 Å². The van der Waals surface area contributed by atoms with Crippen LogP contribution in [0.2, 0.25) is 0 Å². The molecule has 148 valence electrons. The van der Waals surface area contributed by atoms with Crippen LogP contribution in [-0.4, -0.2) is 59.9 Å². The first-order valence-electron chi connectivity index (χ1n) is 8.86. The first kappa shape index (κ1) is 21.0. The number of carbonyl (C=O) groups is 3. The fraction of sp³-hybridized carbons (Fsp3) is 0.286. The van der Waals surface area contributed by atoms with Gasteiger partial charge in [0.05, 0.1) is 0 Å². The topological polar surface area (TPSA) is 87.2 Å². The molecule has 0 heterocycles. The number of benzene rings is 2. The van der Waals surface area contributed by atoms with Gasteiger partial charge >= 0.3 is 5.97 Å². The molecule has 0 aliphatic rings. The SMILES string of the molecule is CCN(C)C(=O)c1cccc(C(=O)N(C)Cc2ccc(OCC(=O)O)cc2)c1. The van der Waals surface area contributed by atoms with Crippen LogP contribution < -0.4 is 4.74 Å². The molecule has 0 spiro atoms. The third kappa shape index (κ3) is 5.57.